The van der Waals surface area contributed by atoms with Crippen molar-refractivity contribution in [3.05, 3.63) is 70.0 Å². The fraction of sp³-hybridized carbons (Fsp3) is 0.176. The molecule has 0 bridgehead atoms. The molecule has 0 atom stereocenters. The van der Waals surface area contributed by atoms with Gasteiger partial charge in [0.1, 0.15) is 12.4 Å². The summed E-state index contributed by atoms with van der Waals surface area (Å²) in [5.41, 5.74) is 1.08. The van der Waals surface area contributed by atoms with Crippen LogP contribution in [0, 0.1) is 0 Å². The molecule has 1 heterocycles. The van der Waals surface area contributed by atoms with Crippen molar-refractivity contribution in [3.63, 3.8) is 0 Å². The first kappa shape index (κ1) is 17.1. The molecule has 1 aromatic heterocycles. The van der Waals surface area contributed by atoms with Gasteiger partial charge < -0.3 is 9.30 Å². The first-order valence-corrected chi connectivity index (χ1v) is 9.00. The molecule has 0 aliphatic carbocycles. The Morgan fingerprint density at radius 3 is 2.54 bits per heavy atom. The summed E-state index contributed by atoms with van der Waals surface area (Å²) >= 11 is 13.6. The van der Waals surface area contributed by atoms with Crippen LogP contribution < -0.4 is 4.74 Å². The van der Waals surface area contributed by atoms with E-state index in [-0.39, 0.29) is 0 Å². The SMILES string of the molecule is Cn1c(COc2ccc(Cl)cc2)nnc1SCc1ccccc1Cl. The van der Waals surface area contributed by atoms with Crippen molar-refractivity contribution < 1.29 is 4.74 Å². The lowest BCUT2D eigenvalue weighted by Gasteiger charge is -2.07. The van der Waals surface area contributed by atoms with Gasteiger partial charge >= 0.3 is 0 Å². The van der Waals surface area contributed by atoms with Crippen molar-refractivity contribution in [2.24, 2.45) is 7.05 Å². The van der Waals surface area contributed by atoms with E-state index in [1.165, 1.54) is 0 Å². The van der Waals surface area contributed by atoms with Crippen LogP contribution in [-0.4, -0.2) is 14.8 Å². The second-order valence-electron chi connectivity index (χ2n) is 5.08. The van der Waals surface area contributed by atoms with Crippen molar-refractivity contribution >= 4 is 35.0 Å². The number of ether oxygens (including phenoxy) is 1. The predicted octanol–water partition coefficient (Wildman–Crippen LogP) is 4.99. The highest BCUT2D eigenvalue weighted by Gasteiger charge is 2.11. The Bertz CT molecular complexity index is 821. The number of hydrogen-bond donors (Lipinski definition) is 0. The summed E-state index contributed by atoms with van der Waals surface area (Å²) in [6, 6.07) is 15.0. The molecule has 0 saturated carbocycles. The predicted molar refractivity (Wildman–Crippen MR) is 97.8 cm³/mol. The van der Waals surface area contributed by atoms with Crippen LogP contribution in [0.4, 0.5) is 0 Å². The maximum atomic E-state index is 6.18. The molecule has 4 nitrogen and oxygen atoms in total. The van der Waals surface area contributed by atoms with E-state index in [1.807, 2.05) is 48.0 Å². The zero-order valence-electron chi connectivity index (χ0n) is 12.9. The van der Waals surface area contributed by atoms with E-state index >= 15 is 0 Å². The molecule has 0 unspecified atom stereocenters. The number of halogens is 2. The average Bonchev–Trinajstić information content (AvgIpc) is 2.94. The quantitative estimate of drug-likeness (QED) is 0.565. The van der Waals surface area contributed by atoms with Gasteiger partial charge in [-0.15, -0.1) is 10.2 Å². The number of hydrogen-bond acceptors (Lipinski definition) is 4. The Balaban J connectivity index is 1.61. The smallest absolute Gasteiger partial charge is 0.191 e. The summed E-state index contributed by atoms with van der Waals surface area (Å²) in [7, 11) is 1.93. The summed E-state index contributed by atoms with van der Waals surface area (Å²) in [6.07, 6.45) is 0. The van der Waals surface area contributed by atoms with Gasteiger partial charge in [0, 0.05) is 22.8 Å². The van der Waals surface area contributed by atoms with Crippen LogP contribution in [0.25, 0.3) is 0 Å². The van der Waals surface area contributed by atoms with Crippen molar-refractivity contribution in [1.29, 1.82) is 0 Å². The Morgan fingerprint density at radius 1 is 1.04 bits per heavy atom. The molecule has 0 N–H and O–H groups in total. The Morgan fingerprint density at radius 2 is 1.79 bits per heavy atom. The topological polar surface area (TPSA) is 39.9 Å². The normalized spacial score (nSPS) is 10.8. The molecule has 0 radical (unpaired) electrons. The molecule has 0 aliphatic rings. The highest BCUT2D eigenvalue weighted by molar-refractivity contribution is 7.98. The lowest BCUT2D eigenvalue weighted by molar-refractivity contribution is 0.290. The van der Waals surface area contributed by atoms with E-state index < -0.39 is 0 Å². The minimum absolute atomic E-state index is 0.345. The van der Waals surface area contributed by atoms with E-state index in [4.69, 9.17) is 27.9 Å². The van der Waals surface area contributed by atoms with E-state index in [2.05, 4.69) is 10.2 Å². The zero-order valence-corrected chi connectivity index (χ0v) is 15.3. The number of rotatable bonds is 6. The van der Waals surface area contributed by atoms with E-state index in [0.717, 1.165) is 33.1 Å². The lowest BCUT2D eigenvalue weighted by atomic mass is 10.2. The summed E-state index contributed by atoms with van der Waals surface area (Å²) < 4.78 is 7.64. The van der Waals surface area contributed by atoms with Gasteiger partial charge in [0.25, 0.3) is 0 Å². The minimum atomic E-state index is 0.345. The molecule has 3 rings (SSSR count). The van der Waals surface area contributed by atoms with Crippen LogP contribution in [0.3, 0.4) is 0 Å². The van der Waals surface area contributed by atoms with Crippen molar-refractivity contribution in [2.45, 2.75) is 17.5 Å². The van der Waals surface area contributed by atoms with Crippen molar-refractivity contribution in [2.75, 3.05) is 0 Å². The third kappa shape index (κ3) is 4.23. The number of aromatic nitrogens is 3. The van der Waals surface area contributed by atoms with Crippen molar-refractivity contribution in [1.82, 2.24) is 14.8 Å². The minimum Gasteiger partial charge on any atom is -0.486 e. The van der Waals surface area contributed by atoms with Crippen LogP contribution >= 0.6 is 35.0 Å². The largest absolute Gasteiger partial charge is 0.486 e. The Labute approximate surface area is 154 Å². The van der Waals surface area contributed by atoms with E-state index in [1.54, 1.807) is 23.9 Å². The molecule has 124 valence electrons. The summed E-state index contributed by atoms with van der Waals surface area (Å²) in [6.45, 7) is 0.345. The maximum absolute atomic E-state index is 6.18. The number of benzene rings is 2. The molecule has 0 saturated heterocycles. The Hall–Kier alpha value is -1.69. The summed E-state index contributed by atoms with van der Waals surface area (Å²) in [5.74, 6) is 2.24. The van der Waals surface area contributed by atoms with Gasteiger partial charge in [0.15, 0.2) is 11.0 Å². The molecule has 0 spiro atoms. The first-order chi connectivity index (χ1) is 11.6. The van der Waals surface area contributed by atoms with Crippen LogP contribution in [0.1, 0.15) is 11.4 Å². The second-order valence-corrected chi connectivity index (χ2v) is 6.87. The maximum Gasteiger partial charge on any atom is 0.191 e. The van der Waals surface area contributed by atoms with E-state index in [0.29, 0.717) is 11.6 Å². The van der Waals surface area contributed by atoms with Crippen LogP contribution in [0.15, 0.2) is 53.7 Å². The van der Waals surface area contributed by atoms with Gasteiger partial charge in [-0.25, -0.2) is 0 Å². The average molecular weight is 380 g/mol. The standard InChI is InChI=1S/C17H15Cl2N3OS/c1-22-16(10-23-14-8-6-13(18)7-9-14)20-21-17(22)24-11-12-4-2-3-5-15(12)19/h2-9H,10-11H2,1H3. The first-order valence-electron chi connectivity index (χ1n) is 7.26. The molecule has 2 aromatic carbocycles. The summed E-state index contributed by atoms with van der Waals surface area (Å²) in [5, 5.41) is 10.7. The highest BCUT2D eigenvalue weighted by atomic mass is 35.5. The van der Waals surface area contributed by atoms with Gasteiger partial charge in [-0.1, -0.05) is 53.2 Å². The third-order valence-corrected chi connectivity index (χ3v) is 5.11. The monoisotopic (exact) mass is 379 g/mol. The van der Waals surface area contributed by atoms with Gasteiger partial charge in [0.2, 0.25) is 0 Å². The molecule has 0 aliphatic heterocycles. The molecule has 0 fully saturated rings. The molecule has 0 amide bonds. The van der Waals surface area contributed by atoms with Crippen LogP contribution in [0.2, 0.25) is 10.0 Å². The molecular formula is C17H15Cl2N3OS. The number of nitrogens with zero attached hydrogens (tertiary/aromatic N) is 3. The lowest BCUT2D eigenvalue weighted by Crippen LogP contribution is -2.04. The third-order valence-electron chi connectivity index (χ3n) is 3.42. The van der Waals surface area contributed by atoms with Crippen LogP contribution in [0.5, 0.6) is 5.75 Å². The second kappa shape index (κ2) is 7.92. The van der Waals surface area contributed by atoms with Gasteiger partial charge in [-0.05, 0) is 35.9 Å². The van der Waals surface area contributed by atoms with Gasteiger partial charge in [-0.2, -0.15) is 0 Å². The molecular weight excluding hydrogens is 365 g/mol. The molecule has 24 heavy (non-hydrogen) atoms. The van der Waals surface area contributed by atoms with Gasteiger partial charge in [-0.3, -0.25) is 0 Å². The molecule has 3 aromatic rings. The van der Waals surface area contributed by atoms with Crippen LogP contribution in [-0.2, 0) is 19.4 Å². The molecule has 7 heteroatoms. The zero-order chi connectivity index (χ0) is 16.9. The van der Waals surface area contributed by atoms with Crippen molar-refractivity contribution in [3.8, 4) is 5.75 Å². The fourth-order valence-electron chi connectivity index (χ4n) is 2.03. The highest BCUT2D eigenvalue weighted by Crippen LogP contribution is 2.25. The Kier molecular flexibility index (Phi) is 5.66. The van der Waals surface area contributed by atoms with E-state index in [9.17, 15) is 0 Å². The summed E-state index contributed by atoms with van der Waals surface area (Å²) in [4.78, 5) is 0. The fourth-order valence-corrected chi connectivity index (χ4v) is 3.37. The number of thioether (sulfide) groups is 1. The van der Waals surface area contributed by atoms with Gasteiger partial charge in [0.05, 0.1) is 0 Å².